The molecule has 0 saturated carbocycles. The summed E-state index contributed by atoms with van der Waals surface area (Å²) in [5.41, 5.74) is 1.51. The lowest BCUT2D eigenvalue weighted by molar-refractivity contribution is -0.133. The van der Waals surface area contributed by atoms with E-state index in [1.165, 1.54) is 6.26 Å². The SMILES string of the molecule is O=C1CCN(C(=O)Cc2coc(-c3ccccc3)n2)CC1. The maximum absolute atomic E-state index is 12.2. The van der Waals surface area contributed by atoms with Gasteiger partial charge in [-0.1, -0.05) is 18.2 Å². The molecule has 0 atom stereocenters. The van der Waals surface area contributed by atoms with E-state index in [1.807, 2.05) is 30.3 Å². The molecular formula is C16H16N2O3. The van der Waals surface area contributed by atoms with Gasteiger partial charge >= 0.3 is 0 Å². The third kappa shape index (κ3) is 3.18. The van der Waals surface area contributed by atoms with Crippen LogP contribution in [0.3, 0.4) is 0 Å². The predicted octanol–water partition coefficient (Wildman–Crippen LogP) is 2.08. The van der Waals surface area contributed by atoms with Crippen LogP contribution in [0.1, 0.15) is 18.5 Å². The van der Waals surface area contributed by atoms with Gasteiger partial charge in [-0.15, -0.1) is 0 Å². The van der Waals surface area contributed by atoms with Crippen molar-refractivity contribution in [3.63, 3.8) is 0 Å². The summed E-state index contributed by atoms with van der Waals surface area (Å²) < 4.78 is 5.42. The predicted molar refractivity (Wildman–Crippen MR) is 76.5 cm³/mol. The number of hydrogen-bond donors (Lipinski definition) is 0. The average molecular weight is 284 g/mol. The van der Waals surface area contributed by atoms with Gasteiger partial charge in [-0.25, -0.2) is 4.98 Å². The number of rotatable bonds is 3. The Kier molecular flexibility index (Phi) is 3.81. The van der Waals surface area contributed by atoms with E-state index < -0.39 is 0 Å². The smallest absolute Gasteiger partial charge is 0.228 e. The molecule has 0 bridgehead atoms. The Bertz CT molecular complexity index is 639. The molecule has 3 rings (SSSR count). The molecule has 0 spiro atoms. The second kappa shape index (κ2) is 5.91. The van der Waals surface area contributed by atoms with Crippen LogP contribution in [0.4, 0.5) is 0 Å². The van der Waals surface area contributed by atoms with Crippen LogP contribution in [-0.2, 0) is 16.0 Å². The van der Waals surface area contributed by atoms with Crippen molar-refractivity contribution >= 4 is 11.7 Å². The van der Waals surface area contributed by atoms with E-state index in [4.69, 9.17) is 4.42 Å². The number of Topliss-reactive ketones (excluding diaryl/α,β-unsaturated/α-hetero) is 1. The first-order chi connectivity index (χ1) is 10.2. The molecule has 1 aromatic carbocycles. The molecule has 0 N–H and O–H groups in total. The molecule has 1 aliphatic heterocycles. The molecular weight excluding hydrogens is 268 g/mol. The van der Waals surface area contributed by atoms with E-state index in [0.717, 1.165) is 5.56 Å². The zero-order valence-corrected chi connectivity index (χ0v) is 11.6. The molecule has 108 valence electrons. The first-order valence-corrected chi connectivity index (χ1v) is 7.01. The molecule has 1 fully saturated rings. The molecule has 1 aliphatic rings. The summed E-state index contributed by atoms with van der Waals surface area (Å²) in [6.07, 6.45) is 2.65. The van der Waals surface area contributed by atoms with Gasteiger partial charge in [-0.2, -0.15) is 0 Å². The molecule has 0 radical (unpaired) electrons. The van der Waals surface area contributed by atoms with E-state index in [2.05, 4.69) is 4.98 Å². The summed E-state index contributed by atoms with van der Waals surface area (Å²) in [4.78, 5) is 29.4. The van der Waals surface area contributed by atoms with E-state index in [1.54, 1.807) is 4.90 Å². The maximum Gasteiger partial charge on any atom is 0.228 e. The van der Waals surface area contributed by atoms with E-state index >= 15 is 0 Å². The van der Waals surface area contributed by atoms with E-state index in [9.17, 15) is 9.59 Å². The van der Waals surface area contributed by atoms with Gasteiger partial charge in [0.15, 0.2) is 0 Å². The topological polar surface area (TPSA) is 63.4 Å². The normalized spacial score (nSPS) is 15.2. The van der Waals surface area contributed by atoms with Crippen molar-refractivity contribution < 1.29 is 14.0 Å². The molecule has 0 aliphatic carbocycles. The fraction of sp³-hybridized carbons (Fsp3) is 0.312. The number of nitrogens with zero attached hydrogens (tertiary/aromatic N) is 2. The highest BCUT2D eigenvalue weighted by Gasteiger charge is 2.21. The summed E-state index contributed by atoms with van der Waals surface area (Å²) in [6, 6.07) is 9.57. The second-order valence-electron chi connectivity index (χ2n) is 5.11. The molecule has 5 heteroatoms. The molecule has 1 amide bonds. The number of oxazole rings is 1. The van der Waals surface area contributed by atoms with Crippen molar-refractivity contribution in [2.24, 2.45) is 0 Å². The zero-order valence-electron chi connectivity index (χ0n) is 11.6. The van der Waals surface area contributed by atoms with Crippen LogP contribution in [-0.4, -0.2) is 34.7 Å². The van der Waals surface area contributed by atoms with E-state index in [-0.39, 0.29) is 18.1 Å². The zero-order chi connectivity index (χ0) is 14.7. The van der Waals surface area contributed by atoms with Gasteiger partial charge in [-0.3, -0.25) is 9.59 Å². The first-order valence-electron chi connectivity index (χ1n) is 7.01. The minimum Gasteiger partial charge on any atom is -0.444 e. The van der Waals surface area contributed by atoms with E-state index in [0.29, 0.717) is 37.5 Å². The van der Waals surface area contributed by atoms with Crippen LogP contribution in [0.5, 0.6) is 0 Å². The highest BCUT2D eigenvalue weighted by Crippen LogP contribution is 2.18. The number of likely N-dealkylation sites (tertiary alicyclic amines) is 1. The van der Waals surface area contributed by atoms with Gasteiger partial charge in [-0.05, 0) is 12.1 Å². The summed E-state index contributed by atoms with van der Waals surface area (Å²) in [7, 11) is 0. The van der Waals surface area contributed by atoms with Crippen molar-refractivity contribution in [1.29, 1.82) is 0 Å². The molecule has 2 heterocycles. The quantitative estimate of drug-likeness (QED) is 0.865. The number of piperidine rings is 1. The Morgan fingerprint density at radius 1 is 1.19 bits per heavy atom. The van der Waals surface area contributed by atoms with Gasteiger partial charge in [0, 0.05) is 31.5 Å². The minimum atomic E-state index is -0.00425. The highest BCUT2D eigenvalue weighted by atomic mass is 16.3. The monoisotopic (exact) mass is 284 g/mol. The minimum absolute atomic E-state index is 0.00425. The highest BCUT2D eigenvalue weighted by molar-refractivity contribution is 5.84. The first kappa shape index (κ1) is 13.5. The van der Waals surface area contributed by atoms with Crippen LogP contribution in [0, 0.1) is 0 Å². The number of benzene rings is 1. The van der Waals surface area contributed by atoms with Crippen molar-refractivity contribution in [3.05, 3.63) is 42.3 Å². The Balaban J connectivity index is 1.65. The fourth-order valence-electron chi connectivity index (χ4n) is 2.37. The summed E-state index contributed by atoms with van der Waals surface area (Å²) in [6.45, 7) is 1.03. The van der Waals surface area contributed by atoms with Crippen LogP contribution >= 0.6 is 0 Å². The lowest BCUT2D eigenvalue weighted by atomic mass is 10.1. The Morgan fingerprint density at radius 2 is 1.90 bits per heavy atom. The van der Waals surface area contributed by atoms with Crippen LogP contribution in [0.2, 0.25) is 0 Å². The standard InChI is InChI=1S/C16H16N2O3/c19-14-6-8-18(9-7-14)15(20)10-13-11-21-16(17-13)12-4-2-1-3-5-12/h1-5,11H,6-10H2. The Hall–Kier alpha value is -2.43. The number of carbonyl (C=O) groups is 2. The van der Waals surface area contributed by atoms with Crippen LogP contribution in [0.25, 0.3) is 11.5 Å². The van der Waals surface area contributed by atoms with Crippen LogP contribution in [0.15, 0.2) is 41.0 Å². The second-order valence-corrected chi connectivity index (χ2v) is 5.11. The summed E-state index contributed by atoms with van der Waals surface area (Å²) >= 11 is 0. The third-order valence-electron chi connectivity index (χ3n) is 3.58. The van der Waals surface area contributed by atoms with Crippen molar-refractivity contribution in [2.75, 3.05) is 13.1 Å². The number of amides is 1. The molecule has 1 saturated heterocycles. The molecule has 0 unspecified atom stereocenters. The van der Waals surface area contributed by atoms with Crippen LogP contribution < -0.4 is 0 Å². The number of aromatic nitrogens is 1. The average Bonchev–Trinajstić information content (AvgIpc) is 2.97. The van der Waals surface area contributed by atoms with Crippen molar-refractivity contribution in [1.82, 2.24) is 9.88 Å². The Morgan fingerprint density at radius 3 is 2.62 bits per heavy atom. The lowest BCUT2D eigenvalue weighted by Crippen LogP contribution is -2.39. The molecule has 2 aromatic rings. The summed E-state index contributed by atoms with van der Waals surface area (Å²) in [5, 5.41) is 0. The number of ketones is 1. The number of carbonyl (C=O) groups excluding carboxylic acids is 2. The van der Waals surface area contributed by atoms with Crippen molar-refractivity contribution in [3.8, 4) is 11.5 Å². The van der Waals surface area contributed by atoms with Gasteiger partial charge in [0.25, 0.3) is 0 Å². The molecule has 5 nitrogen and oxygen atoms in total. The van der Waals surface area contributed by atoms with Gasteiger partial charge in [0.1, 0.15) is 12.0 Å². The summed E-state index contributed by atoms with van der Waals surface area (Å²) in [5.74, 6) is 0.745. The largest absolute Gasteiger partial charge is 0.444 e. The number of hydrogen-bond acceptors (Lipinski definition) is 4. The van der Waals surface area contributed by atoms with Gasteiger partial charge < -0.3 is 9.32 Å². The Labute approximate surface area is 122 Å². The van der Waals surface area contributed by atoms with Gasteiger partial charge in [0.05, 0.1) is 12.1 Å². The molecule has 21 heavy (non-hydrogen) atoms. The van der Waals surface area contributed by atoms with Crippen molar-refractivity contribution in [2.45, 2.75) is 19.3 Å². The lowest BCUT2D eigenvalue weighted by Gasteiger charge is -2.25. The fourth-order valence-corrected chi connectivity index (χ4v) is 2.37. The third-order valence-corrected chi connectivity index (χ3v) is 3.58. The van der Waals surface area contributed by atoms with Gasteiger partial charge in [0.2, 0.25) is 11.8 Å². The maximum atomic E-state index is 12.2. The molecule has 1 aromatic heterocycles.